The van der Waals surface area contributed by atoms with Crippen LogP contribution in [0, 0.1) is 35.0 Å². The van der Waals surface area contributed by atoms with Crippen molar-refractivity contribution in [3.8, 4) is 0 Å². The lowest BCUT2D eigenvalue weighted by Gasteiger charge is -2.46. The van der Waals surface area contributed by atoms with E-state index in [4.69, 9.17) is 0 Å². The second kappa shape index (κ2) is 5.42. The number of hydrogen-bond donors (Lipinski definition) is 0. The van der Waals surface area contributed by atoms with Gasteiger partial charge in [0, 0.05) is 6.42 Å². The minimum Gasteiger partial charge on any atom is -0.295 e. The number of allylic oxidation sites excluding steroid dienone is 2. The van der Waals surface area contributed by atoms with Gasteiger partial charge in [0.2, 0.25) is 0 Å². The summed E-state index contributed by atoms with van der Waals surface area (Å²) in [7, 11) is 0. The average Bonchev–Trinajstić information content (AvgIpc) is 2.27. The maximum absolute atomic E-state index is 11.5. The van der Waals surface area contributed by atoms with E-state index < -0.39 is 0 Å². The Kier molecular flexibility index (Phi) is 4.23. The average molecular weight is 262 g/mol. The molecule has 0 aliphatic heterocycles. The predicted octanol–water partition coefficient (Wildman–Crippen LogP) is 4.87. The number of hydrogen-bond acceptors (Lipinski definition) is 1. The minimum atomic E-state index is 0.343. The number of carbonyl (C=O) groups excluding carboxylic acids is 1. The van der Waals surface area contributed by atoms with Gasteiger partial charge in [0.05, 0.1) is 0 Å². The molecule has 0 aromatic carbocycles. The summed E-state index contributed by atoms with van der Waals surface area (Å²) >= 11 is 0. The monoisotopic (exact) mass is 262 g/mol. The van der Waals surface area contributed by atoms with Crippen LogP contribution in [-0.2, 0) is 4.79 Å². The van der Waals surface area contributed by atoms with Gasteiger partial charge in [0.15, 0.2) is 5.78 Å². The highest BCUT2D eigenvalue weighted by Crippen LogP contribution is 2.48. The second-order valence-electron chi connectivity index (χ2n) is 8.16. The van der Waals surface area contributed by atoms with Crippen molar-refractivity contribution in [2.45, 2.75) is 60.3 Å². The zero-order valence-corrected chi connectivity index (χ0v) is 13.3. The summed E-state index contributed by atoms with van der Waals surface area (Å²) in [6.45, 7) is 11.9. The Bertz CT molecular complexity index is 358. The molecule has 2 aliphatic rings. The number of rotatable bonds is 2. The maximum Gasteiger partial charge on any atom is 0.155 e. The van der Waals surface area contributed by atoms with Crippen LogP contribution in [0.2, 0.25) is 0 Å². The molecule has 4 unspecified atom stereocenters. The molecule has 1 heteroatoms. The summed E-state index contributed by atoms with van der Waals surface area (Å²) in [6, 6.07) is 0. The Morgan fingerprint density at radius 2 is 1.89 bits per heavy atom. The van der Waals surface area contributed by atoms with Crippen LogP contribution < -0.4 is 0 Å². The number of carbonyl (C=O) groups is 1. The van der Waals surface area contributed by atoms with Gasteiger partial charge in [-0.3, -0.25) is 4.79 Å². The predicted molar refractivity (Wildman–Crippen MR) is 80.9 cm³/mol. The Hall–Kier alpha value is -0.590. The molecule has 2 aliphatic carbocycles. The van der Waals surface area contributed by atoms with Gasteiger partial charge in [-0.25, -0.2) is 0 Å². The summed E-state index contributed by atoms with van der Waals surface area (Å²) in [5, 5.41) is 0. The highest BCUT2D eigenvalue weighted by atomic mass is 16.1. The SMILES string of the molecule is CC(C)C(C1CCC2CC(=O)C=CC2C1)C(C)(C)C. The molecule has 0 heterocycles. The first-order valence-corrected chi connectivity index (χ1v) is 8.00. The van der Waals surface area contributed by atoms with E-state index in [-0.39, 0.29) is 0 Å². The smallest absolute Gasteiger partial charge is 0.155 e. The van der Waals surface area contributed by atoms with Gasteiger partial charge < -0.3 is 0 Å². The van der Waals surface area contributed by atoms with Crippen LogP contribution in [0.1, 0.15) is 60.3 Å². The standard InChI is InChI=1S/C18H30O/c1-12(2)17(18(3,4)5)15-7-6-14-11-16(19)9-8-13(14)10-15/h8-9,12-15,17H,6-7,10-11H2,1-5H3. The summed E-state index contributed by atoms with van der Waals surface area (Å²) in [5.74, 6) is 4.02. The third-order valence-electron chi connectivity index (χ3n) is 5.31. The molecule has 0 amide bonds. The largest absolute Gasteiger partial charge is 0.295 e. The Labute approximate surface area is 118 Å². The lowest BCUT2D eigenvalue weighted by Crippen LogP contribution is -2.38. The van der Waals surface area contributed by atoms with Gasteiger partial charge in [-0.2, -0.15) is 0 Å². The Morgan fingerprint density at radius 3 is 2.47 bits per heavy atom. The molecule has 4 atom stereocenters. The molecule has 0 aromatic rings. The van der Waals surface area contributed by atoms with E-state index in [9.17, 15) is 4.79 Å². The Morgan fingerprint density at radius 1 is 1.21 bits per heavy atom. The van der Waals surface area contributed by atoms with E-state index in [2.05, 4.69) is 40.7 Å². The fraction of sp³-hybridized carbons (Fsp3) is 0.833. The fourth-order valence-corrected chi connectivity index (χ4v) is 4.93. The van der Waals surface area contributed by atoms with Gasteiger partial charge in [-0.1, -0.05) is 40.7 Å². The fourth-order valence-electron chi connectivity index (χ4n) is 4.93. The van der Waals surface area contributed by atoms with Crippen molar-refractivity contribution in [1.82, 2.24) is 0 Å². The molecular weight excluding hydrogens is 232 g/mol. The van der Waals surface area contributed by atoms with Crippen molar-refractivity contribution >= 4 is 5.78 Å². The number of ketones is 1. The van der Waals surface area contributed by atoms with E-state index >= 15 is 0 Å². The van der Waals surface area contributed by atoms with Crippen LogP contribution in [0.15, 0.2) is 12.2 Å². The third-order valence-corrected chi connectivity index (χ3v) is 5.31. The first kappa shape index (κ1) is 14.8. The molecule has 0 radical (unpaired) electrons. The first-order chi connectivity index (χ1) is 8.79. The van der Waals surface area contributed by atoms with Crippen LogP contribution in [0.4, 0.5) is 0 Å². The van der Waals surface area contributed by atoms with Gasteiger partial charge in [0.1, 0.15) is 0 Å². The van der Waals surface area contributed by atoms with Crippen LogP contribution in [0.3, 0.4) is 0 Å². The molecule has 1 saturated carbocycles. The molecule has 19 heavy (non-hydrogen) atoms. The zero-order valence-electron chi connectivity index (χ0n) is 13.3. The van der Waals surface area contributed by atoms with Crippen LogP contribution in [0.5, 0.6) is 0 Å². The third kappa shape index (κ3) is 3.30. The Balaban J connectivity index is 2.11. The normalized spacial score (nSPS) is 33.4. The molecule has 1 fully saturated rings. The van der Waals surface area contributed by atoms with E-state index in [1.807, 2.05) is 6.08 Å². The summed E-state index contributed by atoms with van der Waals surface area (Å²) in [6.07, 6.45) is 8.73. The van der Waals surface area contributed by atoms with E-state index in [0.717, 1.165) is 24.2 Å². The lowest BCUT2D eigenvalue weighted by molar-refractivity contribution is -0.116. The number of fused-ring (bicyclic) bond motifs is 1. The van der Waals surface area contributed by atoms with Crippen LogP contribution in [0.25, 0.3) is 0 Å². The van der Waals surface area contributed by atoms with Gasteiger partial charge >= 0.3 is 0 Å². The molecular formula is C18H30O. The van der Waals surface area contributed by atoms with Gasteiger partial charge in [-0.15, -0.1) is 0 Å². The quantitative estimate of drug-likeness (QED) is 0.694. The van der Waals surface area contributed by atoms with Crippen LogP contribution >= 0.6 is 0 Å². The lowest BCUT2D eigenvalue weighted by atomic mass is 9.59. The molecule has 2 rings (SSSR count). The topological polar surface area (TPSA) is 17.1 Å². The summed E-state index contributed by atoms with van der Waals surface area (Å²) in [4.78, 5) is 11.5. The molecule has 1 nitrogen and oxygen atoms in total. The van der Waals surface area contributed by atoms with Gasteiger partial charge in [0.25, 0.3) is 0 Å². The molecule has 0 spiro atoms. The highest BCUT2D eigenvalue weighted by molar-refractivity contribution is 5.90. The van der Waals surface area contributed by atoms with Gasteiger partial charge in [-0.05, 0) is 60.3 Å². The van der Waals surface area contributed by atoms with Crippen molar-refractivity contribution in [2.24, 2.45) is 35.0 Å². The minimum absolute atomic E-state index is 0.343. The summed E-state index contributed by atoms with van der Waals surface area (Å²) in [5.41, 5.74) is 0.389. The highest BCUT2D eigenvalue weighted by Gasteiger charge is 2.40. The molecule has 108 valence electrons. The zero-order chi connectivity index (χ0) is 14.2. The van der Waals surface area contributed by atoms with Crippen molar-refractivity contribution in [2.75, 3.05) is 0 Å². The van der Waals surface area contributed by atoms with Crippen molar-refractivity contribution in [3.63, 3.8) is 0 Å². The molecule has 0 N–H and O–H groups in total. The molecule has 0 aromatic heterocycles. The van der Waals surface area contributed by atoms with E-state index in [0.29, 0.717) is 23.0 Å². The van der Waals surface area contributed by atoms with Crippen molar-refractivity contribution < 1.29 is 4.79 Å². The van der Waals surface area contributed by atoms with Crippen LogP contribution in [-0.4, -0.2) is 5.78 Å². The van der Waals surface area contributed by atoms with Crippen molar-refractivity contribution in [3.05, 3.63) is 12.2 Å². The summed E-state index contributed by atoms with van der Waals surface area (Å²) < 4.78 is 0. The maximum atomic E-state index is 11.5. The van der Waals surface area contributed by atoms with E-state index in [1.54, 1.807) is 0 Å². The molecule has 0 saturated heterocycles. The molecule has 0 bridgehead atoms. The van der Waals surface area contributed by atoms with E-state index in [1.165, 1.54) is 19.3 Å². The van der Waals surface area contributed by atoms with Crippen molar-refractivity contribution in [1.29, 1.82) is 0 Å². The second-order valence-corrected chi connectivity index (χ2v) is 8.16. The first-order valence-electron chi connectivity index (χ1n) is 8.00.